The monoisotopic (exact) mass is 414 g/mol. The van der Waals surface area contributed by atoms with Crippen LogP contribution in [0.5, 0.6) is 0 Å². The Morgan fingerprint density at radius 2 is 1.17 bits per heavy atom. The lowest BCUT2D eigenvalue weighted by Crippen LogP contribution is -2.34. The molecule has 0 spiro atoms. The van der Waals surface area contributed by atoms with Gasteiger partial charge in [-0.15, -0.1) is 0 Å². The molecule has 6 heteroatoms. The molecule has 2 amide bonds. The molecular formula is C24H38N4O2. The van der Waals surface area contributed by atoms with E-state index in [1.54, 1.807) is 0 Å². The molecule has 0 unspecified atom stereocenters. The van der Waals surface area contributed by atoms with Crippen LogP contribution in [0.25, 0.3) is 0 Å². The van der Waals surface area contributed by atoms with E-state index < -0.39 is 0 Å². The van der Waals surface area contributed by atoms with Crippen LogP contribution in [0.3, 0.4) is 0 Å². The van der Waals surface area contributed by atoms with Crippen molar-refractivity contribution in [2.45, 2.75) is 52.6 Å². The Morgan fingerprint density at radius 3 is 1.60 bits per heavy atom. The van der Waals surface area contributed by atoms with Crippen molar-refractivity contribution < 1.29 is 9.59 Å². The highest BCUT2D eigenvalue weighted by atomic mass is 16.2. The molecule has 2 aliphatic heterocycles. The van der Waals surface area contributed by atoms with Gasteiger partial charge in [-0.25, -0.2) is 0 Å². The molecule has 0 saturated carbocycles. The van der Waals surface area contributed by atoms with Crippen LogP contribution in [0.15, 0.2) is 24.3 Å². The molecule has 0 radical (unpaired) electrons. The zero-order valence-electron chi connectivity index (χ0n) is 18.8. The molecule has 3 rings (SSSR count). The number of benzene rings is 1. The molecule has 0 bridgehead atoms. The van der Waals surface area contributed by atoms with E-state index in [1.165, 1.54) is 11.1 Å². The molecule has 2 aliphatic rings. The van der Waals surface area contributed by atoms with Crippen molar-refractivity contribution in [1.29, 1.82) is 0 Å². The van der Waals surface area contributed by atoms with Crippen LogP contribution < -0.4 is 0 Å². The topological polar surface area (TPSA) is 47.1 Å². The Kier molecular flexibility index (Phi) is 8.70. The zero-order chi connectivity index (χ0) is 21.3. The van der Waals surface area contributed by atoms with Crippen LogP contribution in [0.4, 0.5) is 0 Å². The van der Waals surface area contributed by atoms with Gasteiger partial charge in [-0.1, -0.05) is 38.1 Å². The average molecular weight is 415 g/mol. The van der Waals surface area contributed by atoms with Crippen molar-refractivity contribution in [3.8, 4) is 0 Å². The summed E-state index contributed by atoms with van der Waals surface area (Å²) in [6, 6.07) is 8.93. The first-order valence-electron chi connectivity index (χ1n) is 11.7. The predicted molar refractivity (Wildman–Crippen MR) is 120 cm³/mol. The first kappa shape index (κ1) is 22.8. The summed E-state index contributed by atoms with van der Waals surface area (Å²) in [5, 5.41) is 0. The first-order chi connectivity index (χ1) is 14.6. The van der Waals surface area contributed by atoms with Gasteiger partial charge >= 0.3 is 0 Å². The van der Waals surface area contributed by atoms with Gasteiger partial charge in [0.15, 0.2) is 0 Å². The molecule has 1 aromatic carbocycles. The summed E-state index contributed by atoms with van der Waals surface area (Å²) in [4.78, 5) is 33.0. The Labute approximate surface area is 181 Å². The standard InChI is InChI=1S/C24H38N4O2/c1-3-23(29)27-12-6-10-25(14-16-27)19-21-8-5-9-22(18-21)20-26-11-7-13-28(17-15-26)24(30)4-2/h5,8-9,18H,3-4,6-7,10-17,19-20H2,1-2H3. The fourth-order valence-electron chi connectivity index (χ4n) is 4.55. The second-order valence-corrected chi connectivity index (χ2v) is 8.55. The molecule has 6 nitrogen and oxygen atoms in total. The molecule has 166 valence electrons. The molecule has 0 aromatic heterocycles. The molecule has 2 saturated heterocycles. The molecule has 1 aromatic rings. The number of hydrogen-bond donors (Lipinski definition) is 0. The van der Waals surface area contributed by atoms with E-state index in [9.17, 15) is 9.59 Å². The van der Waals surface area contributed by atoms with Crippen LogP contribution in [0.2, 0.25) is 0 Å². The summed E-state index contributed by atoms with van der Waals surface area (Å²) in [6.07, 6.45) is 3.30. The van der Waals surface area contributed by atoms with Crippen molar-refractivity contribution in [2.24, 2.45) is 0 Å². The molecule has 0 N–H and O–H groups in total. The van der Waals surface area contributed by atoms with Gasteiger partial charge in [-0.3, -0.25) is 19.4 Å². The van der Waals surface area contributed by atoms with E-state index in [4.69, 9.17) is 0 Å². The van der Waals surface area contributed by atoms with Crippen molar-refractivity contribution in [1.82, 2.24) is 19.6 Å². The highest BCUT2D eigenvalue weighted by Crippen LogP contribution is 2.15. The summed E-state index contributed by atoms with van der Waals surface area (Å²) in [6.45, 7) is 13.2. The lowest BCUT2D eigenvalue weighted by Gasteiger charge is -2.23. The SMILES string of the molecule is CCC(=O)N1CCCN(Cc2cccc(CN3CCCN(C(=O)CC)CC3)c2)CC1. The third-order valence-corrected chi connectivity index (χ3v) is 6.29. The second-order valence-electron chi connectivity index (χ2n) is 8.55. The van der Waals surface area contributed by atoms with Crippen LogP contribution in [0.1, 0.15) is 50.7 Å². The van der Waals surface area contributed by atoms with E-state index in [0.717, 1.165) is 78.3 Å². The molecule has 0 atom stereocenters. The minimum absolute atomic E-state index is 0.274. The maximum Gasteiger partial charge on any atom is 0.222 e. The Balaban J connectivity index is 1.52. The summed E-state index contributed by atoms with van der Waals surface area (Å²) in [7, 11) is 0. The Bertz CT molecular complexity index is 653. The maximum atomic E-state index is 12.0. The normalized spacial score (nSPS) is 19.4. The predicted octanol–water partition coefficient (Wildman–Crippen LogP) is 2.58. The number of amides is 2. The number of carbonyl (C=O) groups excluding carboxylic acids is 2. The van der Waals surface area contributed by atoms with Crippen LogP contribution in [0, 0.1) is 0 Å². The highest BCUT2D eigenvalue weighted by molar-refractivity contribution is 5.76. The molecular weight excluding hydrogens is 376 g/mol. The van der Waals surface area contributed by atoms with Gasteiger partial charge < -0.3 is 9.80 Å². The van der Waals surface area contributed by atoms with E-state index in [2.05, 4.69) is 34.1 Å². The van der Waals surface area contributed by atoms with E-state index in [1.807, 2.05) is 23.6 Å². The van der Waals surface area contributed by atoms with Crippen LogP contribution in [-0.4, -0.2) is 83.8 Å². The summed E-state index contributed by atoms with van der Waals surface area (Å²) in [5.74, 6) is 0.547. The molecule has 2 fully saturated rings. The first-order valence-corrected chi connectivity index (χ1v) is 11.7. The molecule has 0 aliphatic carbocycles. The van der Waals surface area contributed by atoms with Gasteiger partial charge in [0.25, 0.3) is 0 Å². The Morgan fingerprint density at radius 1 is 0.700 bits per heavy atom. The second kappa shape index (κ2) is 11.5. The lowest BCUT2D eigenvalue weighted by molar-refractivity contribution is -0.131. The zero-order valence-corrected chi connectivity index (χ0v) is 18.8. The minimum Gasteiger partial charge on any atom is -0.341 e. The van der Waals surface area contributed by atoms with Crippen molar-refractivity contribution in [3.63, 3.8) is 0 Å². The quantitative estimate of drug-likeness (QED) is 0.718. The number of carbonyl (C=O) groups is 2. The van der Waals surface area contributed by atoms with Gasteiger partial charge in [0.2, 0.25) is 11.8 Å². The fraction of sp³-hybridized carbons (Fsp3) is 0.667. The van der Waals surface area contributed by atoms with Crippen molar-refractivity contribution in [3.05, 3.63) is 35.4 Å². The van der Waals surface area contributed by atoms with Crippen molar-refractivity contribution >= 4 is 11.8 Å². The summed E-state index contributed by atoms with van der Waals surface area (Å²) >= 11 is 0. The average Bonchev–Trinajstić information content (AvgIpc) is 3.14. The van der Waals surface area contributed by atoms with Gasteiger partial charge in [0, 0.05) is 78.3 Å². The lowest BCUT2D eigenvalue weighted by atomic mass is 10.1. The van der Waals surface area contributed by atoms with Crippen molar-refractivity contribution in [2.75, 3.05) is 52.4 Å². The van der Waals surface area contributed by atoms with Crippen LogP contribution >= 0.6 is 0 Å². The van der Waals surface area contributed by atoms with Gasteiger partial charge in [-0.05, 0) is 24.0 Å². The largest absolute Gasteiger partial charge is 0.341 e. The fourth-order valence-corrected chi connectivity index (χ4v) is 4.55. The third kappa shape index (κ3) is 6.54. The summed E-state index contributed by atoms with van der Waals surface area (Å²) in [5.41, 5.74) is 2.70. The molecule has 30 heavy (non-hydrogen) atoms. The van der Waals surface area contributed by atoms with Gasteiger partial charge in [0.05, 0.1) is 0 Å². The highest BCUT2D eigenvalue weighted by Gasteiger charge is 2.19. The Hall–Kier alpha value is -1.92. The van der Waals surface area contributed by atoms with Gasteiger partial charge in [0.1, 0.15) is 0 Å². The van der Waals surface area contributed by atoms with E-state index >= 15 is 0 Å². The minimum atomic E-state index is 0.274. The number of rotatable bonds is 6. The smallest absolute Gasteiger partial charge is 0.222 e. The van der Waals surface area contributed by atoms with Crippen LogP contribution in [-0.2, 0) is 22.7 Å². The number of hydrogen-bond acceptors (Lipinski definition) is 4. The third-order valence-electron chi connectivity index (χ3n) is 6.29. The number of nitrogens with zero attached hydrogens (tertiary/aromatic N) is 4. The van der Waals surface area contributed by atoms with E-state index in [0.29, 0.717) is 12.8 Å². The molecule has 2 heterocycles. The van der Waals surface area contributed by atoms with E-state index in [-0.39, 0.29) is 11.8 Å². The van der Waals surface area contributed by atoms with Gasteiger partial charge in [-0.2, -0.15) is 0 Å². The summed E-state index contributed by atoms with van der Waals surface area (Å²) < 4.78 is 0. The maximum absolute atomic E-state index is 12.0.